The van der Waals surface area contributed by atoms with Crippen molar-refractivity contribution in [2.45, 2.75) is 0 Å². The van der Waals surface area contributed by atoms with Crippen molar-refractivity contribution < 1.29 is 5.11 Å². The van der Waals surface area contributed by atoms with E-state index < -0.39 is 0 Å². The summed E-state index contributed by atoms with van der Waals surface area (Å²) in [5.74, 6) is 0.234. The molecular formula is C14H14N2O. The molecule has 0 spiro atoms. The normalized spacial score (nSPS) is 10.6. The van der Waals surface area contributed by atoms with E-state index in [-0.39, 0.29) is 5.75 Å². The SMILES string of the molecule is CNc1ccccc1/N=C/c1ccccc1O. The third-order valence-electron chi connectivity index (χ3n) is 2.45. The first-order valence-electron chi connectivity index (χ1n) is 5.40. The average molecular weight is 226 g/mol. The summed E-state index contributed by atoms with van der Waals surface area (Å²) in [6.45, 7) is 0. The predicted octanol–water partition coefficient (Wildman–Crippen LogP) is 3.18. The van der Waals surface area contributed by atoms with Gasteiger partial charge in [-0.15, -0.1) is 0 Å². The van der Waals surface area contributed by atoms with Gasteiger partial charge in [-0.25, -0.2) is 0 Å². The van der Waals surface area contributed by atoms with Crippen LogP contribution >= 0.6 is 0 Å². The quantitative estimate of drug-likeness (QED) is 0.789. The third-order valence-corrected chi connectivity index (χ3v) is 2.45. The third kappa shape index (κ3) is 2.64. The number of rotatable bonds is 3. The molecule has 3 heteroatoms. The highest BCUT2D eigenvalue weighted by molar-refractivity contribution is 5.86. The van der Waals surface area contributed by atoms with E-state index in [2.05, 4.69) is 10.3 Å². The number of hydrogen-bond donors (Lipinski definition) is 2. The fourth-order valence-electron chi connectivity index (χ4n) is 1.53. The molecule has 0 atom stereocenters. The predicted molar refractivity (Wildman–Crippen MR) is 71.3 cm³/mol. The summed E-state index contributed by atoms with van der Waals surface area (Å²) in [5.41, 5.74) is 2.51. The lowest BCUT2D eigenvalue weighted by Gasteiger charge is -2.03. The number of nitrogens with zero attached hydrogens (tertiary/aromatic N) is 1. The van der Waals surface area contributed by atoms with Crippen molar-refractivity contribution in [2.24, 2.45) is 4.99 Å². The van der Waals surface area contributed by atoms with Gasteiger partial charge in [-0.3, -0.25) is 4.99 Å². The van der Waals surface area contributed by atoms with Gasteiger partial charge < -0.3 is 10.4 Å². The van der Waals surface area contributed by atoms with Crippen molar-refractivity contribution in [1.82, 2.24) is 0 Å². The van der Waals surface area contributed by atoms with Crippen molar-refractivity contribution in [3.8, 4) is 5.75 Å². The van der Waals surface area contributed by atoms with Gasteiger partial charge in [-0.2, -0.15) is 0 Å². The summed E-state index contributed by atoms with van der Waals surface area (Å²) in [7, 11) is 1.86. The minimum atomic E-state index is 0.234. The summed E-state index contributed by atoms with van der Waals surface area (Å²) in [6.07, 6.45) is 1.66. The van der Waals surface area contributed by atoms with Crippen LogP contribution < -0.4 is 5.32 Å². The van der Waals surface area contributed by atoms with Gasteiger partial charge in [0.1, 0.15) is 5.75 Å². The molecule has 0 bridgehead atoms. The molecule has 0 amide bonds. The average Bonchev–Trinajstić information content (AvgIpc) is 2.38. The number of aliphatic imine (C=N–C) groups is 1. The fourth-order valence-corrected chi connectivity index (χ4v) is 1.53. The Morgan fingerprint density at radius 3 is 2.53 bits per heavy atom. The minimum absolute atomic E-state index is 0.234. The molecule has 0 unspecified atom stereocenters. The van der Waals surface area contributed by atoms with Crippen molar-refractivity contribution in [3.05, 3.63) is 54.1 Å². The van der Waals surface area contributed by atoms with Crippen molar-refractivity contribution in [2.75, 3.05) is 12.4 Å². The Kier molecular flexibility index (Phi) is 3.40. The van der Waals surface area contributed by atoms with E-state index in [1.807, 2.05) is 43.4 Å². The molecule has 2 aromatic carbocycles. The lowest BCUT2D eigenvalue weighted by atomic mass is 10.2. The largest absolute Gasteiger partial charge is 0.507 e. The first kappa shape index (κ1) is 11.2. The summed E-state index contributed by atoms with van der Waals surface area (Å²) in [5, 5.41) is 12.7. The monoisotopic (exact) mass is 226 g/mol. The molecule has 3 nitrogen and oxygen atoms in total. The number of para-hydroxylation sites is 3. The molecule has 2 rings (SSSR count). The highest BCUT2D eigenvalue weighted by Crippen LogP contribution is 2.24. The highest BCUT2D eigenvalue weighted by atomic mass is 16.3. The molecule has 0 fully saturated rings. The van der Waals surface area contributed by atoms with Gasteiger partial charge in [0, 0.05) is 18.8 Å². The maximum atomic E-state index is 9.61. The molecule has 0 radical (unpaired) electrons. The number of phenolic OH excluding ortho intramolecular Hbond substituents is 1. The van der Waals surface area contributed by atoms with Crippen LogP contribution in [0.2, 0.25) is 0 Å². The topological polar surface area (TPSA) is 44.6 Å². The van der Waals surface area contributed by atoms with Crippen LogP contribution in [0.5, 0.6) is 5.75 Å². The Balaban J connectivity index is 2.29. The maximum Gasteiger partial charge on any atom is 0.124 e. The Hall–Kier alpha value is -2.29. The molecule has 0 aliphatic heterocycles. The molecule has 0 saturated carbocycles. The van der Waals surface area contributed by atoms with Crippen LogP contribution in [0.25, 0.3) is 0 Å². The first-order valence-corrected chi connectivity index (χ1v) is 5.40. The smallest absolute Gasteiger partial charge is 0.124 e. The summed E-state index contributed by atoms with van der Waals surface area (Å²) in [4.78, 5) is 4.36. The van der Waals surface area contributed by atoms with Crippen LogP contribution in [-0.2, 0) is 0 Å². The molecule has 0 heterocycles. The lowest BCUT2D eigenvalue weighted by Crippen LogP contribution is -1.88. The molecule has 86 valence electrons. The first-order chi connectivity index (χ1) is 8.31. The number of phenols is 1. The van der Waals surface area contributed by atoms with Gasteiger partial charge in [0.2, 0.25) is 0 Å². The summed E-state index contributed by atoms with van der Waals surface area (Å²) >= 11 is 0. The Morgan fingerprint density at radius 2 is 1.76 bits per heavy atom. The standard InChI is InChI=1S/C14H14N2O/c1-15-12-7-3-4-8-13(12)16-10-11-6-2-5-9-14(11)17/h2-10,15,17H,1H3/b16-10+. The van der Waals surface area contributed by atoms with Crippen LogP contribution in [0, 0.1) is 0 Å². The molecular weight excluding hydrogens is 212 g/mol. The molecule has 2 aromatic rings. The van der Waals surface area contributed by atoms with Crippen LogP contribution in [0.1, 0.15) is 5.56 Å². The van der Waals surface area contributed by atoms with Crippen LogP contribution in [0.4, 0.5) is 11.4 Å². The van der Waals surface area contributed by atoms with E-state index in [1.165, 1.54) is 0 Å². The second-order valence-corrected chi connectivity index (χ2v) is 3.58. The van der Waals surface area contributed by atoms with Gasteiger partial charge in [0.05, 0.1) is 11.4 Å². The van der Waals surface area contributed by atoms with Crippen molar-refractivity contribution >= 4 is 17.6 Å². The Morgan fingerprint density at radius 1 is 1.06 bits per heavy atom. The Bertz CT molecular complexity index is 535. The zero-order valence-electron chi connectivity index (χ0n) is 9.59. The van der Waals surface area contributed by atoms with E-state index in [0.29, 0.717) is 5.56 Å². The maximum absolute atomic E-state index is 9.61. The van der Waals surface area contributed by atoms with Gasteiger partial charge in [0.25, 0.3) is 0 Å². The van der Waals surface area contributed by atoms with Gasteiger partial charge in [-0.05, 0) is 24.3 Å². The van der Waals surface area contributed by atoms with Crippen LogP contribution in [0.15, 0.2) is 53.5 Å². The molecule has 0 aliphatic carbocycles. The molecule has 0 saturated heterocycles. The van der Waals surface area contributed by atoms with Gasteiger partial charge in [0.15, 0.2) is 0 Å². The summed E-state index contributed by atoms with van der Waals surface area (Å²) < 4.78 is 0. The van der Waals surface area contributed by atoms with Gasteiger partial charge >= 0.3 is 0 Å². The van der Waals surface area contributed by atoms with Gasteiger partial charge in [-0.1, -0.05) is 24.3 Å². The van der Waals surface area contributed by atoms with E-state index in [9.17, 15) is 5.11 Å². The van der Waals surface area contributed by atoms with Crippen LogP contribution in [0.3, 0.4) is 0 Å². The summed E-state index contributed by atoms with van der Waals surface area (Å²) in [6, 6.07) is 14.9. The number of anilines is 1. The zero-order valence-corrected chi connectivity index (χ0v) is 9.59. The number of nitrogens with one attached hydrogen (secondary N) is 1. The number of hydrogen-bond acceptors (Lipinski definition) is 3. The van der Waals surface area contributed by atoms with Crippen molar-refractivity contribution in [1.29, 1.82) is 0 Å². The molecule has 2 N–H and O–H groups in total. The van der Waals surface area contributed by atoms with Crippen LogP contribution in [-0.4, -0.2) is 18.4 Å². The number of benzene rings is 2. The number of aromatic hydroxyl groups is 1. The second kappa shape index (κ2) is 5.16. The minimum Gasteiger partial charge on any atom is -0.507 e. The zero-order chi connectivity index (χ0) is 12.1. The molecule has 0 aliphatic rings. The lowest BCUT2D eigenvalue weighted by molar-refractivity contribution is 0.474. The second-order valence-electron chi connectivity index (χ2n) is 3.58. The van der Waals surface area contributed by atoms with E-state index >= 15 is 0 Å². The fraction of sp³-hybridized carbons (Fsp3) is 0.0714. The molecule has 17 heavy (non-hydrogen) atoms. The van der Waals surface area contributed by atoms with E-state index in [0.717, 1.165) is 11.4 Å². The highest BCUT2D eigenvalue weighted by Gasteiger charge is 1.98. The van der Waals surface area contributed by atoms with Crippen molar-refractivity contribution in [3.63, 3.8) is 0 Å². The van der Waals surface area contributed by atoms with E-state index in [1.54, 1.807) is 18.3 Å². The Labute approximate surface area is 100 Å². The molecule has 0 aromatic heterocycles. The van der Waals surface area contributed by atoms with E-state index in [4.69, 9.17) is 0 Å².